The monoisotopic (exact) mass is 843 g/mol. The van der Waals surface area contributed by atoms with Gasteiger partial charge in [0.25, 0.3) is 6.71 Å². The number of benzene rings is 8. The Kier molecular flexibility index (Phi) is 8.61. The van der Waals surface area contributed by atoms with Crippen molar-refractivity contribution in [3.05, 3.63) is 181 Å². The molecule has 6 heteroatoms. The molecule has 0 atom stereocenters. The first kappa shape index (κ1) is 39.2. The summed E-state index contributed by atoms with van der Waals surface area (Å²) >= 11 is 0. The molecule has 0 spiro atoms. The Labute approximate surface area is 380 Å². The number of nitrogens with zero attached hydrogens (tertiary/aromatic N) is 2. The summed E-state index contributed by atoms with van der Waals surface area (Å²) in [4.78, 5) is 2.33. The molecule has 12 rings (SSSR count). The molecular weight excluding hydrogens is 793 g/mol. The van der Waals surface area contributed by atoms with Crippen molar-refractivity contribution in [2.24, 2.45) is 0 Å². The summed E-state index contributed by atoms with van der Waals surface area (Å²) in [5.74, 6) is 0. The van der Waals surface area contributed by atoms with Gasteiger partial charge < -0.3 is 23.6 Å². The molecule has 11 aromatic rings. The van der Waals surface area contributed by atoms with Crippen LogP contribution in [0.1, 0.15) is 52.7 Å². The number of anilines is 5. The highest BCUT2D eigenvalue weighted by Gasteiger charge is 2.37. The SMILES string of the molecule is CB1c2oc3ccc(C(C)(C)C)cc3c2-n2c3cc4oc5ccccc5c4cc3c3ccc(-c4ccc(N(c5ccccc5)c5ccccc5)cc4Nc4ccc(C(C)(C)C)cc4)c1c32. The lowest BCUT2D eigenvalue weighted by molar-refractivity contribution is 0.590. The Bertz CT molecular complexity index is 3620. The van der Waals surface area contributed by atoms with E-state index in [1.807, 2.05) is 6.07 Å². The molecule has 8 aromatic carbocycles. The number of para-hydroxylation sites is 3. The number of aromatic nitrogens is 1. The topological polar surface area (TPSA) is 46.5 Å². The molecule has 0 amide bonds. The summed E-state index contributed by atoms with van der Waals surface area (Å²) in [6.45, 7) is 15.9. The van der Waals surface area contributed by atoms with E-state index in [-0.39, 0.29) is 17.5 Å². The van der Waals surface area contributed by atoms with Crippen LogP contribution in [-0.4, -0.2) is 11.3 Å². The Morgan fingerprint density at radius 3 is 1.85 bits per heavy atom. The Morgan fingerprint density at radius 1 is 0.492 bits per heavy atom. The normalized spacial score (nSPS) is 12.8. The molecule has 1 aliphatic heterocycles. The Morgan fingerprint density at radius 2 is 1.14 bits per heavy atom. The largest absolute Gasteiger partial charge is 0.469 e. The molecule has 0 saturated heterocycles. The number of rotatable bonds is 6. The van der Waals surface area contributed by atoms with E-state index in [2.05, 4.69) is 227 Å². The van der Waals surface area contributed by atoms with Gasteiger partial charge in [-0.05, 0) is 106 Å². The van der Waals surface area contributed by atoms with Crippen LogP contribution in [-0.2, 0) is 10.8 Å². The first-order chi connectivity index (χ1) is 31.4. The van der Waals surface area contributed by atoms with Crippen molar-refractivity contribution < 1.29 is 8.83 Å². The minimum atomic E-state index is -0.0569. The van der Waals surface area contributed by atoms with Gasteiger partial charge in [-0.2, -0.15) is 0 Å². The molecule has 65 heavy (non-hydrogen) atoms. The third-order valence-electron chi connectivity index (χ3n) is 13.7. The van der Waals surface area contributed by atoms with Gasteiger partial charge in [-0.15, -0.1) is 0 Å². The fraction of sp³-hybridized carbons (Fsp3) is 0.153. The maximum atomic E-state index is 7.05. The van der Waals surface area contributed by atoms with Gasteiger partial charge in [-0.3, -0.25) is 0 Å². The van der Waals surface area contributed by atoms with Gasteiger partial charge in [-0.25, -0.2) is 0 Å². The summed E-state index contributed by atoms with van der Waals surface area (Å²) in [5.41, 5.74) is 18.5. The van der Waals surface area contributed by atoms with Crippen LogP contribution < -0.4 is 21.3 Å². The molecule has 3 aromatic heterocycles. The predicted octanol–water partition coefficient (Wildman–Crippen LogP) is 15.5. The predicted molar refractivity (Wildman–Crippen MR) is 276 cm³/mol. The summed E-state index contributed by atoms with van der Waals surface area (Å²) < 4.78 is 16.1. The molecule has 5 nitrogen and oxygen atoms in total. The molecule has 1 N–H and O–H groups in total. The summed E-state index contributed by atoms with van der Waals surface area (Å²) in [7, 11) is 0. The fourth-order valence-electron chi connectivity index (χ4n) is 10.3. The van der Waals surface area contributed by atoms with E-state index < -0.39 is 0 Å². The summed E-state index contributed by atoms with van der Waals surface area (Å²) in [5, 5.41) is 9.74. The van der Waals surface area contributed by atoms with Gasteiger partial charge in [0.05, 0.1) is 16.9 Å². The zero-order valence-corrected chi connectivity index (χ0v) is 38.0. The zero-order chi connectivity index (χ0) is 44.4. The van der Waals surface area contributed by atoms with Crippen molar-refractivity contribution in [1.29, 1.82) is 0 Å². The van der Waals surface area contributed by atoms with E-state index in [1.54, 1.807) is 0 Å². The van der Waals surface area contributed by atoms with Crippen LogP contribution >= 0.6 is 0 Å². The molecular formula is C59H50BN3O2. The van der Waals surface area contributed by atoms with Crippen LogP contribution in [0, 0.1) is 0 Å². The van der Waals surface area contributed by atoms with Crippen molar-refractivity contribution in [2.45, 2.75) is 59.2 Å². The van der Waals surface area contributed by atoms with Gasteiger partial charge in [0.15, 0.2) is 0 Å². The van der Waals surface area contributed by atoms with E-state index in [0.717, 1.165) is 89.3 Å². The highest BCUT2D eigenvalue weighted by Crippen LogP contribution is 2.45. The van der Waals surface area contributed by atoms with Crippen LogP contribution in [0.4, 0.5) is 28.4 Å². The third-order valence-corrected chi connectivity index (χ3v) is 13.7. The quantitative estimate of drug-likeness (QED) is 0.169. The van der Waals surface area contributed by atoms with Gasteiger partial charge >= 0.3 is 0 Å². The van der Waals surface area contributed by atoms with Crippen molar-refractivity contribution in [2.75, 3.05) is 10.2 Å². The van der Waals surface area contributed by atoms with E-state index in [4.69, 9.17) is 8.83 Å². The first-order valence-electron chi connectivity index (χ1n) is 22.8. The van der Waals surface area contributed by atoms with Crippen LogP contribution in [0.5, 0.6) is 0 Å². The molecule has 0 saturated carbocycles. The number of nitrogens with one attached hydrogen (secondary N) is 1. The molecule has 0 radical (unpaired) electrons. The maximum absolute atomic E-state index is 7.05. The molecule has 316 valence electrons. The zero-order valence-electron chi connectivity index (χ0n) is 38.0. The lowest BCUT2D eigenvalue weighted by Crippen LogP contribution is -2.45. The molecule has 0 unspecified atom stereocenters. The first-order valence-corrected chi connectivity index (χ1v) is 22.8. The third kappa shape index (κ3) is 6.22. The van der Waals surface area contributed by atoms with E-state index in [1.165, 1.54) is 32.9 Å². The van der Waals surface area contributed by atoms with Gasteiger partial charge in [0.1, 0.15) is 16.7 Å². The minimum absolute atomic E-state index is 0.0303. The number of furan rings is 2. The average Bonchev–Trinajstić information content (AvgIpc) is 3.97. The van der Waals surface area contributed by atoms with E-state index in [0.29, 0.717) is 0 Å². The summed E-state index contributed by atoms with van der Waals surface area (Å²) in [6.07, 6.45) is 0. The fourth-order valence-corrected chi connectivity index (χ4v) is 10.3. The van der Waals surface area contributed by atoms with Crippen molar-refractivity contribution in [3.8, 4) is 16.8 Å². The molecule has 0 fully saturated rings. The maximum Gasteiger partial charge on any atom is 0.258 e. The van der Waals surface area contributed by atoms with Crippen LogP contribution in [0.3, 0.4) is 0 Å². The van der Waals surface area contributed by atoms with Gasteiger partial charge in [-0.1, -0.05) is 139 Å². The van der Waals surface area contributed by atoms with Crippen molar-refractivity contribution in [3.63, 3.8) is 0 Å². The smallest absolute Gasteiger partial charge is 0.258 e. The number of hydrogen-bond acceptors (Lipinski definition) is 4. The molecule has 0 bridgehead atoms. The van der Waals surface area contributed by atoms with Gasteiger partial charge in [0, 0.05) is 72.5 Å². The highest BCUT2D eigenvalue weighted by atomic mass is 16.3. The number of fused-ring (bicyclic) bond motifs is 10. The standard InChI is InChI=1S/C59H50BN3O2/c1-58(2,3)36-22-25-38(26-23-36)61-49-33-41(62(39-16-10-8-11-17-39)40-18-12-9-13-19-40)27-28-42(49)44-29-30-45-46-34-47-43-20-14-15-21-51(43)64-53(47)35-50(46)63-55(45)54(44)60(7)57-56(63)48-32-37(59(4,5)6)24-31-52(48)65-57/h8-35,61H,1-7H3. The lowest BCUT2D eigenvalue weighted by Gasteiger charge is -2.28. The Hall–Kier alpha value is -7.44. The van der Waals surface area contributed by atoms with Gasteiger partial charge in [0.2, 0.25) is 0 Å². The molecule has 0 aliphatic carbocycles. The summed E-state index contributed by atoms with van der Waals surface area (Å²) in [6, 6.07) is 61.5. The highest BCUT2D eigenvalue weighted by molar-refractivity contribution is 6.88. The van der Waals surface area contributed by atoms with Crippen LogP contribution in [0.2, 0.25) is 6.82 Å². The minimum Gasteiger partial charge on any atom is -0.469 e. The van der Waals surface area contributed by atoms with Crippen molar-refractivity contribution in [1.82, 2.24) is 4.57 Å². The second-order valence-corrected chi connectivity index (χ2v) is 19.9. The van der Waals surface area contributed by atoms with E-state index >= 15 is 0 Å². The molecule has 4 heterocycles. The Balaban J connectivity index is 1.14. The number of hydrogen-bond donors (Lipinski definition) is 1. The van der Waals surface area contributed by atoms with Crippen LogP contribution in [0.25, 0.3) is 71.5 Å². The molecule has 1 aliphatic rings. The average molecular weight is 844 g/mol. The lowest BCUT2D eigenvalue weighted by atomic mass is 9.42. The van der Waals surface area contributed by atoms with E-state index in [9.17, 15) is 0 Å². The second kappa shape index (κ2) is 14.3. The second-order valence-electron chi connectivity index (χ2n) is 19.9. The van der Waals surface area contributed by atoms with Crippen LogP contribution in [0.15, 0.2) is 179 Å². The van der Waals surface area contributed by atoms with Crippen molar-refractivity contribution >= 4 is 101 Å².